The summed E-state index contributed by atoms with van der Waals surface area (Å²) in [7, 11) is 0. The molecule has 1 heterocycles. The van der Waals surface area contributed by atoms with E-state index in [9.17, 15) is 0 Å². The minimum Gasteiger partial charge on any atom is -0.208 e. The summed E-state index contributed by atoms with van der Waals surface area (Å²) in [4.78, 5) is 14.4. The van der Waals surface area contributed by atoms with Crippen molar-refractivity contribution in [3.05, 3.63) is 103 Å². The lowest BCUT2D eigenvalue weighted by atomic mass is 10.0. The Morgan fingerprint density at radius 1 is 0.393 bits per heavy atom. The fraction of sp³-hybridized carbons (Fsp3) is 0. The Morgan fingerprint density at radius 2 is 0.893 bits per heavy atom. The van der Waals surface area contributed by atoms with Crippen LogP contribution >= 0.6 is 0 Å². The molecule has 0 unspecified atom stereocenters. The Hall–Kier alpha value is -3.85. The molecule has 0 aliphatic rings. The first-order valence-electron chi connectivity index (χ1n) is 9.23. The maximum absolute atomic E-state index is 4.83. The molecule has 0 aliphatic carbocycles. The van der Waals surface area contributed by atoms with E-state index in [1.807, 2.05) is 78.9 Å². The highest BCUT2D eigenvalue weighted by atomic mass is 15.0. The van der Waals surface area contributed by atoms with E-state index in [-0.39, 0.29) is 0 Å². The zero-order valence-corrected chi connectivity index (χ0v) is 15.2. The predicted octanol–water partition coefficient (Wildman–Crippen LogP) is 6.03. The molecule has 0 bridgehead atoms. The van der Waals surface area contributed by atoms with Crippen molar-refractivity contribution in [2.75, 3.05) is 0 Å². The summed E-state index contributed by atoms with van der Waals surface area (Å²) in [6.07, 6.45) is 0. The molecule has 1 aromatic heterocycles. The van der Waals surface area contributed by atoms with Crippen LogP contribution in [0.4, 0.5) is 0 Å². The van der Waals surface area contributed by atoms with Gasteiger partial charge in [0.15, 0.2) is 17.5 Å². The van der Waals surface area contributed by atoms with Crippen LogP contribution in [0.1, 0.15) is 0 Å². The SMILES string of the molecule is c1ccc(-c2nc(-c3ccccc3)nc(-c3cccc4ccccc34)n2)cc1. The second-order valence-electron chi connectivity index (χ2n) is 6.56. The van der Waals surface area contributed by atoms with Gasteiger partial charge in [0, 0.05) is 16.7 Å². The second kappa shape index (κ2) is 7.05. The van der Waals surface area contributed by atoms with Crippen LogP contribution in [0.3, 0.4) is 0 Å². The van der Waals surface area contributed by atoms with Crippen molar-refractivity contribution in [3.63, 3.8) is 0 Å². The van der Waals surface area contributed by atoms with E-state index in [4.69, 9.17) is 15.0 Å². The van der Waals surface area contributed by atoms with Crippen LogP contribution in [0.15, 0.2) is 103 Å². The van der Waals surface area contributed by atoms with Gasteiger partial charge in [0.2, 0.25) is 0 Å². The van der Waals surface area contributed by atoms with Gasteiger partial charge in [-0.05, 0) is 10.8 Å². The molecule has 0 amide bonds. The number of nitrogens with zero attached hydrogens (tertiary/aromatic N) is 3. The van der Waals surface area contributed by atoms with Gasteiger partial charge in [-0.15, -0.1) is 0 Å². The number of benzene rings is 4. The Morgan fingerprint density at radius 3 is 1.54 bits per heavy atom. The van der Waals surface area contributed by atoms with Gasteiger partial charge >= 0.3 is 0 Å². The molecule has 4 aromatic carbocycles. The van der Waals surface area contributed by atoms with Crippen LogP contribution in [0.5, 0.6) is 0 Å². The summed E-state index contributed by atoms with van der Waals surface area (Å²) in [6.45, 7) is 0. The first kappa shape index (κ1) is 16.3. The molecule has 0 atom stereocenters. The molecule has 28 heavy (non-hydrogen) atoms. The highest BCUT2D eigenvalue weighted by Gasteiger charge is 2.13. The number of aromatic nitrogens is 3. The molecule has 0 saturated heterocycles. The van der Waals surface area contributed by atoms with Gasteiger partial charge in [-0.2, -0.15) is 0 Å². The molecule has 0 fully saturated rings. The fourth-order valence-electron chi connectivity index (χ4n) is 3.35. The van der Waals surface area contributed by atoms with E-state index in [1.165, 1.54) is 5.39 Å². The lowest BCUT2D eigenvalue weighted by molar-refractivity contribution is 1.08. The van der Waals surface area contributed by atoms with Crippen molar-refractivity contribution in [2.24, 2.45) is 0 Å². The van der Waals surface area contributed by atoms with Crippen molar-refractivity contribution >= 4 is 10.8 Å². The number of hydrogen-bond donors (Lipinski definition) is 0. The monoisotopic (exact) mass is 359 g/mol. The quantitative estimate of drug-likeness (QED) is 0.395. The molecule has 5 rings (SSSR count). The molecule has 0 spiro atoms. The molecule has 3 nitrogen and oxygen atoms in total. The summed E-state index contributed by atoms with van der Waals surface area (Å²) in [6, 6.07) is 34.6. The minimum atomic E-state index is 0.678. The third kappa shape index (κ3) is 3.03. The predicted molar refractivity (Wildman–Crippen MR) is 114 cm³/mol. The van der Waals surface area contributed by atoms with Gasteiger partial charge in [-0.3, -0.25) is 0 Å². The Kier molecular flexibility index (Phi) is 4.11. The van der Waals surface area contributed by atoms with Crippen LogP contribution < -0.4 is 0 Å². The zero-order chi connectivity index (χ0) is 18.8. The van der Waals surface area contributed by atoms with E-state index >= 15 is 0 Å². The maximum Gasteiger partial charge on any atom is 0.164 e. The second-order valence-corrected chi connectivity index (χ2v) is 6.56. The third-order valence-electron chi connectivity index (χ3n) is 4.73. The smallest absolute Gasteiger partial charge is 0.164 e. The lowest BCUT2D eigenvalue weighted by Gasteiger charge is -2.10. The summed E-state index contributed by atoms with van der Waals surface area (Å²) in [5.41, 5.74) is 2.96. The van der Waals surface area contributed by atoms with Gasteiger partial charge < -0.3 is 0 Å². The normalized spacial score (nSPS) is 10.9. The van der Waals surface area contributed by atoms with Crippen LogP contribution in [0.2, 0.25) is 0 Å². The van der Waals surface area contributed by atoms with Gasteiger partial charge in [-0.1, -0.05) is 103 Å². The molecule has 0 aliphatic heterocycles. The van der Waals surface area contributed by atoms with Crippen molar-refractivity contribution < 1.29 is 0 Å². The molecule has 0 N–H and O–H groups in total. The number of rotatable bonds is 3. The average molecular weight is 359 g/mol. The molecular weight excluding hydrogens is 342 g/mol. The first-order chi connectivity index (χ1) is 13.9. The van der Waals surface area contributed by atoms with Crippen LogP contribution in [0.25, 0.3) is 44.9 Å². The third-order valence-corrected chi connectivity index (χ3v) is 4.73. The van der Waals surface area contributed by atoms with E-state index in [0.29, 0.717) is 17.5 Å². The molecule has 0 saturated carbocycles. The average Bonchev–Trinajstić information content (AvgIpc) is 2.79. The highest BCUT2D eigenvalue weighted by molar-refractivity contribution is 5.95. The van der Waals surface area contributed by atoms with Crippen LogP contribution in [-0.2, 0) is 0 Å². The summed E-state index contributed by atoms with van der Waals surface area (Å²) < 4.78 is 0. The first-order valence-corrected chi connectivity index (χ1v) is 9.23. The number of hydrogen-bond acceptors (Lipinski definition) is 3. The summed E-state index contributed by atoms with van der Waals surface area (Å²) in [5, 5.41) is 2.30. The van der Waals surface area contributed by atoms with E-state index in [1.54, 1.807) is 0 Å². The lowest BCUT2D eigenvalue weighted by Crippen LogP contribution is -2.00. The largest absolute Gasteiger partial charge is 0.208 e. The molecular formula is C25H17N3. The summed E-state index contributed by atoms with van der Waals surface area (Å²) >= 11 is 0. The maximum atomic E-state index is 4.83. The molecule has 0 radical (unpaired) electrons. The van der Waals surface area contributed by atoms with E-state index in [0.717, 1.165) is 22.1 Å². The minimum absolute atomic E-state index is 0.678. The summed E-state index contributed by atoms with van der Waals surface area (Å²) in [5.74, 6) is 2.04. The Bertz CT molecular complexity index is 1190. The Labute approximate surface area is 163 Å². The van der Waals surface area contributed by atoms with Crippen molar-refractivity contribution in [1.29, 1.82) is 0 Å². The highest BCUT2D eigenvalue weighted by Crippen LogP contribution is 2.29. The van der Waals surface area contributed by atoms with Gasteiger partial charge in [0.05, 0.1) is 0 Å². The number of fused-ring (bicyclic) bond motifs is 1. The van der Waals surface area contributed by atoms with Gasteiger partial charge in [-0.25, -0.2) is 15.0 Å². The van der Waals surface area contributed by atoms with Crippen molar-refractivity contribution in [3.8, 4) is 34.2 Å². The molecule has 3 heteroatoms. The standard InChI is InChI=1S/C25H17N3/c1-3-11-19(12-4-1)23-26-24(20-13-5-2-6-14-20)28-25(27-23)22-17-9-15-18-10-7-8-16-21(18)22/h1-17H. The molecule has 5 aromatic rings. The van der Waals surface area contributed by atoms with Gasteiger partial charge in [0.1, 0.15) is 0 Å². The Balaban J connectivity index is 1.78. The van der Waals surface area contributed by atoms with E-state index < -0.39 is 0 Å². The van der Waals surface area contributed by atoms with E-state index in [2.05, 4.69) is 24.3 Å². The van der Waals surface area contributed by atoms with Crippen molar-refractivity contribution in [1.82, 2.24) is 15.0 Å². The topological polar surface area (TPSA) is 38.7 Å². The van der Waals surface area contributed by atoms with Gasteiger partial charge in [0.25, 0.3) is 0 Å². The fourth-order valence-corrected chi connectivity index (χ4v) is 3.35. The van der Waals surface area contributed by atoms with Crippen LogP contribution in [-0.4, -0.2) is 15.0 Å². The van der Waals surface area contributed by atoms with Crippen molar-refractivity contribution in [2.45, 2.75) is 0 Å². The molecule has 132 valence electrons. The zero-order valence-electron chi connectivity index (χ0n) is 15.2. The van der Waals surface area contributed by atoms with Crippen LogP contribution in [0, 0.1) is 0 Å².